The van der Waals surface area contributed by atoms with Crippen LogP contribution in [0.2, 0.25) is 0 Å². The first kappa shape index (κ1) is 17.7. The lowest BCUT2D eigenvalue weighted by Gasteiger charge is -2.34. The third-order valence-corrected chi connectivity index (χ3v) is 3.81. The van der Waals surface area contributed by atoms with E-state index in [0.29, 0.717) is 26.2 Å². The van der Waals surface area contributed by atoms with Gasteiger partial charge in [-0.1, -0.05) is 12.1 Å². The molecule has 1 aliphatic rings. The summed E-state index contributed by atoms with van der Waals surface area (Å²) in [6.07, 6.45) is 0. The van der Waals surface area contributed by atoms with Crippen LogP contribution >= 0.6 is 0 Å². The van der Waals surface area contributed by atoms with Gasteiger partial charge >= 0.3 is 6.03 Å². The summed E-state index contributed by atoms with van der Waals surface area (Å²) in [6, 6.07) is 7.41. The lowest BCUT2D eigenvalue weighted by Crippen LogP contribution is -2.53. The van der Waals surface area contributed by atoms with Crippen molar-refractivity contribution in [2.24, 2.45) is 5.73 Å². The predicted octanol–water partition coefficient (Wildman–Crippen LogP) is -0.254. The van der Waals surface area contributed by atoms with E-state index in [-0.39, 0.29) is 30.9 Å². The number of carbonyl (C=O) groups is 3. The Labute approximate surface area is 141 Å². The molecule has 4 amide bonds. The van der Waals surface area contributed by atoms with Crippen LogP contribution < -0.4 is 16.4 Å². The third-order valence-electron chi connectivity index (χ3n) is 3.81. The largest absolute Gasteiger partial charge is 0.346 e. The van der Waals surface area contributed by atoms with Gasteiger partial charge in [0.15, 0.2) is 0 Å². The Morgan fingerprint density at radius 1 is 1.12 bits per heavy atom. The van der Waals surface area contributed by atoms with Crippen LogP contribution in [0.3, 0.4) is 0 Å². The molecule has 0 saturated carbocycles. The van der Waals surface area contributed by atoms with Crippen molar-refractivity contribution in [3.8, 4) is 0 Å². The number of benzene rings is 1. The standard InChI is InChI=1S/C16H23N5O3/c1-12-3-2-4-13(9-12)19-16(24)21-7-5-20(6-8-21)15(23)11-18-14(22)10-17/h2-4,9H,5-8,10-11,17H2,1H3,(H,18,22)(H,19,24). The number of carbonyl (C=O) groups excluding carboxylic acids is 3. The van der Waals surface area contributed by atoms with E-state index in [0.717, 1.165) is 11.3 Å². The topological polar surface area (TPSA) is 108 Å². The molecule has 4 N–H and O–H groups in total. The van der Waals surface area contributed by atoms with E-state index >= 15 is 0 Å². The molecule has 8 heteroatoms. The number of aryl methyl sites for hydroxylation is 1. The summed E-state index contributed by atoms with van der Waals surface area (Å²) < 4.78 is 0. The summed E-state index contributed by atoms with van der Waals surface area (Å²) in [5, 5.41) is 5.31. The maximum atomic E-state index is 12.2. The Bertz CT molecular complexity index is 611. The molecule has 1 aromatic rings. The summed E-state index contributed by atoms with van der Waals surface area (Å²) in [5.74, 6) is -0.532. The fraction of sp³-hybridized carbons (Fsp3) is 0.438. The minimum absolute atomic E-state index is 0.0640. The van der Waals surface area contributed by atoms with E-state index in [9.17, 15) is 14.4 Å². The highest BCUT2D eigenvalue weighted by Crippen LogP contribution is 2.11. The van der Waals surface area contributed by atoms with Gasteiger partial charge in [-0.3, -0.25) is 9.59 Å². The molecular weight excluding hydrogens is 310 g/mol. The number of nitrogens with two attached hydrogens (primary N) is 1. The van der Waals surface area contributed by atoms with Crippen LogP contribution in [0.15, 0.2) is 24.3 Å². The zero-order valence-corrected chi connectivity index (χ0v) is 13.7. The van der Waals surface area contributed by atoms with Crippen molar-refractivity contribution in [1.82, 2.24) is 15.1 Å². The lowest BCUT2D eigenvalue weighted by atomic mass is 10.2. The van der Waals surface area contributed by atoms with Gasteiger partial charge in [0.1, 0.15) is 0 Å². The number of hydrogen-bond acceptors (Lipinski definition) is 4. The molecule has 0 radical (unpaired) electrons. The van der Waals surface area contributed by atoms with Crippen molar-refractivity contribution in [3.63, 3.8) is 0 Å². The van der Waals surface area contributed by atoms with E-state index < -0.39 is 0 Å². The molecule has 8 nitrogen and oxygen atoms in total. The van der Waals surface area contributed by atoms with Gasteiger partial charge in [0.05, 0.1) is 13.1 Å². The lowest BCUT2D eigenvalue weighted by molar-refractivity contribution is -0.133. The second-order valence-corrected chi connectivity index (χ2v) is 5.65. The first-order valence-corrected chi connectivity index (χ1v) is 7.86. The average molecular weight is 333 g/mol. The number of rotatable bonds is 4. The van der Waals surface area contributed by atoms with Gasteiger partial charge in [-0.15, -0.1) is 0 Å². The van der Waals surface area contributed by atoms with Crippen molar-refractivity contribution in [2.45, 2.75) is 6.92 Å². The number of nitrogens with zero attached hydrogens (tertiary/aromatic N) is 2. The molecule has 1 fully saturated rings. The Kier molecular flexibility index (Phi) is 6.14. The zero-order chi connectivity index (χ0) is 17.5. The van der Waals surface area contributed by atoms with Crippen molar-refractivity contribution in [2.75, 3.05) is 44.6 Å². The summed E-state index contributed by atoms with van der Waals surface area (Å²) in [4.78, 5) is 38.6. The molecule has 0 unspecified atom stereocenters. The van der Waals surface area contributed by atoms with Crippen molar-refractivity contribution in [1.29, 1.82) is 0 Å². The number of anilines is 1. The molecule has 1 saturated heterocycles. The Morgan fingerprint density at radius 3 is 2.42 bits per heavy atom. The van der Waals surface area contributed by atoms with Crippen LogP contribution in [0, 0.1) is 6.92 Å². The van der Waals surface area contributed by atoms with E-state index in [4.69, 9.17) is 5.73 Å². The van der Waals surface area contributed by atoms with Crippen LogP contribution in [0.5, 0.6) is 0 Å². The molecule has 0 aromatic heterocycles. The molecule has 0 bridgehead atoms. The number of amides is 4. The van der Waals surface area contributed by atoms with Gasteiger partial charge in [-0.2, -0.15) is 0 Å². The summed E-state index contributed by atoms with van der Waals surface area (Å²) in [6.45, 7) is 3.55. The molecule has 1 aliphatic heterocycles. The SMILES string of the molecule is Cc1cccc(NC(=O)N2CCN(C(=O)CNC(=O)CN)CC2)c1. The van der Waals surface area contributed by atoms with E-state index in [1.165, 1.54) is 0 Å². The molecule has 1 aromatic carbocycles. The summed E-state index contributed by atoms with van der Waals surface area (Å²) >= 11 is 0. The summed E-state index contributed by atoms with van der Waals surface area (Å²) in [7, 11) is 0. The molecule has 130 valence electrons. The average Bonchev–Trinajstić information content (AvgIpc) is 2.59. The predicted molar refractivity (Wildman–Crippen MR) is 90.4 cm³/mol. The van der Waals surface area contributed by atoms with Gasteiger partial charge in [-0.05, 0) is 24.6 Å². The van der Waals surface area contributed by atoms with Gasteiger partial charge in [0.25, 0.3) is 0 Å². The van der Waals surface area contributed by atoms with Gasteiger partial charge in [0, 0.05) is 31.9 Å². The summed E-state index contributed by atoms with van der Waals surface area (Å²) in [5.41, 5.74) is 7.00. The fourth-order valence-electron chi connectivity index (χ4n) is 2.44. The first-order chi connectivity index (χ1) is 11.5. The molecule has 0 spiro atoms. The van der Waals surface area contributed by atoms with Gasteiger partial charge < -0.3 is 26.2 Å². The highest BCUT2D eigenvalue weighted by atomic mass is 16.2. The van der Waals surface area contributed by atoms with E-state index in [2.05, 4.69) is 10.6 Å². The fourth-order valence-corrected chi connectivity index (χ4v) is 2.44. The Hall–Kier alpha value is -2.61. The Morgan fingerprint density at radius 2 is 1.79 bits per heavy atom. The number of nitrogens with one attached hydrogen (secondary N) is 2. The molecule has 1 heterocycles. The van der Waals surface area contributed by atoms with Crippen LogP contribution in [0.4, 0.5) is 10.5 Å². The first-order valence-electron chi connectivity index (χ1n) is 7.86. The smallest absolute Gasteiger partial charge is 0.321 e. The third kappa shape index (κ3) is 4.95. The van der Waals surface area contributed by atoms with Crippen molar-refractivity contribution in [3.05, 3.63) is 29.8 Å². The molecule has 24 heavy (non-hydrogen) atoms. The zero-order valence-electron chi connectivity index (χ0n) is 13.7. The number of hydrogen-bond donors (Lipinski definition) is 3. The van der Waals surface area contributed by atoms with Crippen molar-refractivity contribution >= 4 is 23.5 Å². The highest BCUT2D eigenvalue weighted by molar-refractivity contribution is 5.90. The van der Waals surface area contributed by atoms with E-state index in [1.807, 2.05) is 31.2 Å². The van der Waals surface area contributed by atoms with Gasteiger partial charge in [0.2, 0.25) is 11.8 Å². The van der Waals surface area contributed by atoms with Crippen LogP contribution in [-0.4, -0.2) is 66.9 Å². The maximum Gasteiger partial charge on any atom is 0.321 e. The second-order valence-electron chi connectivity index (χ2n) is 5.65. The molecular formula is C16H23N5O3. The number of piperazine rings is 1. The molecule has 2 rings (SSSR count). The normalized spacial score (nSPS) is 14.2. The van der Waals surface area contributed by atoms with Gasteiger partial charge in [-0.25, -0.2) is 4.79 Å². The van der Waals surface area contributed by atoms with E-state index in [1.54, 1.807) is 9.80 Å². The van der Waals surface area contributed by atoms with Crippen LogP contribution in [-0.2, 0) is 9.59 Å². The quantitative estimate of drug-likeness (QED) is 0.706. The minimum atomic E-state index is -0.362. The number of urea groups is 1. The molecule has 0 atom stereocenters. The van der Waals surface area contributed by atoms with Crippen molar-refractivity contribution < 1.29 is 14.4 Å². The van der Waals surface area contributed by atoms with Crippen LogP contribution in [0.1, 0.15) is 5.56 Å². The Balaban J connectivity index is 1.78. The second kappa shape index (κ2) is 8.30. The molecule has 0 aliphatic carbocycles. The monoisotopic (exact) mass is 333 g/mol. The highest BCUT2D eigenvalue weighted by Gasteiger charge is 2.24. The maximum absolute atomic E-state index is 12.2. The minimum Gasteiger partial charge on any atom is -0.346 e. The van der Waals surface area contributed by atoms with Crippen LogP contribution in [0.25, 0.3) is 0 Å².